The first kappa shape index (κ1) is 23.3. The molecule has 2 aromatic carbocycles. The first-order valence-corrected chi connectivity index (χ1v) is 7.55. The average Bonchev–Trinajstić information content (AvgIpc) is 2.55. The van der Waals surface area contributed by atoms with Crippen molar-refractivity contribution in [2.45, 2.75) is 48.0 Å². The summed E-state index contributed by atoms with van der Waals surface area (Å²) in [5.74, 6) is 0.322. The van der Waals surface area contributed by atoms with Gasteiger partial charge in [-0.15, -0.1) is 0 Å². The largest absolute Gasteiger partial charge is 0.508 e. The van der Waals surface area contributed by atoms with Crippen LogP contribution in [0.25, 0.3) is 0 Å². The number of rotatable bonds is 0. The van der Waals surface area contributed by atoms with E-state index in [0.29, 0.717) is 5.75 Å². The van der Waals surface area contributed by atoms with Gasteiger partial charge in [0, 0.05) is 0 Å². The predicted molar refractivity (Wildman–Crippen MR) is 93.2 cm³/mol. The Morgan fingerprint density at radius 3 is 0.950 bits per heavy atom. The standard InChI is InChI=1S/C6H6O.C6H6.C3H8.2C2H6/c7-6-4-2-1-3-5-6;1-2-4-6-5-3-1;1-3-2;2*1-2/h1-5,7H;1-6H;3H2,1-2H3;2*1-2H3. The summed E-state index contributed by atoms with van der Waals surface area (Å²) in [6, 6.07) is 20.7. The summed E-state index contributed by atoms with van der Waals surface area (Å²) >= 11 is 0. The van der Waals surface area contributed by atoms with E-state index in [1.54, 1.807) is 24.3 Å². The van der Waals surface area contributed by atoms with Gasteiger partial charge in [0.15, 0.2) is 0 Å². The lowest BCUT2D eigenvalue weighted by atomic mass is 10.3. The SMILES string of the molecule is CC.CC.CCC.Oc1ccccc1.c1ccccc1. The molecule has 1 heteroatoms. The first-order valence-electron chi connectivity index (χ1n) is 7.55. The van der Waals surface area contributed by atoms with Gasteiger partial charge in [0.25, 0.3) is 0 Å². The Bertz CT molecular complexity index is 289. The summed E-state index contributed by atoms with van der Waals surface area (Å²) in [5.41, 5.74) is 0. The van der Waals surface area contributed by atoms with Crippen LogP contribution in [-0.2, 0) is 0 Å². The fourth-order valence-corrected chi connectivity index (χ4v) is 0.813. The third kappa shape index (κ3) is 25.2. The number of phenols is 1. The molecule has 0 amide bonds. The lowest BCUT2D eigenvalue weighted by Gasteiger charge is -1.82. The topological polar surface area (TPSA) is 20.2 Å². The van der Waals surface area contributed by atoms with Crippen LogP contribution in [0.2, 0.25) is 0 Å². The Labute approximate surface area is 126 Å². The third-order valence-electron chi connectivity index (χ3n) is 1.42. The van der Waals surface area contributed by atoms with Crippen LogP contribution >= 0.6 is 0 Å². The van der Waals surface area contributed by atoms with E-state index in [1.165, 1.54) is 6.42 Å². The molecule has 0 heterocycles. The van der Waals surface area contributed by atoms with E-state index < -0.39 is 0 Å². The van der Waals surface area contributed by atoms with E-state index in [9.17, 15) is 0 Å². The number of para-hydroxylation sites is 1. The zero-order chi connectivity index (χ0) is 16.1. The maximum absolute atomic E-state index is 8.63. The number of hydrogen-bond acceptors (Lipinski definition) is 1. The van der Waals surface area contributed by atoms with Crippen molar-refractivity contribution in [2.24, 2.45) is 0 Å². The quantitative estimate of drug-likeness (QED) is 0.578. The summed E-state index contributed by atoms with van der Waals surface area (Å²) in [4.78, 5) is 0. The second-order valence-electron chi connectivity index (χ2n) is 3.20. The van der Waals surface area contributed by atoms with Gasteiger partial charge in [0.05, 0.1) is 0 Å². The van der Waals surface area contributed by atoms with Crippen molar-refractivity contribution >= 4 is 0 Å². The molecule has 0 aliphatic rings. The minimum Gasteiger partial charge on any atom is -0.508 e. The third-order valence-corrected chi connectivity index (χ3v) is 1.42. The van der Waals surface area contributed by atoms with Crippen molar-refractivity contribution in [1.29, 1.82) is 0 Å². The van der Waals surface area contributed by atoms with Gasteiger partial charge in [-0.05, 0) is 12.1 Å². The smallest absolute Gasteiger partial charge is 0.115 e. The van der Waals surface area contributed by atoms with Gasteiger partial charge in [-0.2, -0.15) is 0 Å². The normalized spacial score (nSPS) is 6.90. The maximum Gasteiger partial charge on any atom is 0.115 e. The van der Waals surface area contributed by atoms with Gasteiger partial charge in [0.1, 0.15) is 5.75 Å². The Hall–Kier alpha value is -1.76. The average molecular weight is 276 g/mol. The van der Waals surface area contributed by atoms with Crippen molar-refractivity contribution in [3.8, 4) is 5.75 Å². The van der Waals surface area contributed by atoms with Gasteiger partial charge in [-0.1, -0.05) is 103 Å². The van der Waals surface area contributed by atoms with E-state index in [-0.39, 0.29) is 0 Å². The first-order chi connectivity index (χ1) is 9.81. The fraction of sp³-hybridized carbons (Fsp3) is 0.368. The molecule has 114 valence electrons. The lowest BCUT2D eigenvalue weighted by Crippen LogP contribution is -1.56. The van der Waals surface area contributed by atoms with Crippen LogP contribution in [0.3, 0.4) is 0 Å². The van der Waals surface area contributed by atoms with Crippen LogP contribution < -0.4 is 0 Å². The van der Waals surface area contributed by atoms with Crippen molar-refractivity contribution in [3.05, 3.63) is 66.7 Å². The Morgan fingerprint density at radius 2 is 0.800 bits per heavy atom. The number of hydrogen-bond donors (Lipinski definition) is 1. The molecule has 1 nitrogen and oxygen atoms in total. The molecule has 20 heavy (non-hydrogen) atoms. The molecular weight excluding hydrogens is 244 g/mol. The summed E-state index contributed by atoms with van der Waals surface area (Å²) in [6.07, 6.45) is 1.25. The lowest BCUT2D eigenvalue weighted by molar-refractivity contribution is 0.475. The van der Waals surface area contributed by atoms with Crippen molar-refractivity contribution < 1.29 is 5.11 Å². The van der Waals surface area contributed by atoms with Gasteiger partial charge in [0.2, 0.25) is 0 Å². The van der Waals surface area contributed by atoms with Crippen LogP contribution in [0.5, 0.6) is 5.75 Å². The highest BCUT2D eigenvalue weighted by molar-refractivity contribution is 5.18. The van der Waals surface area contributed by atoms with Crippen LogP contribution in [0.15, 0.2) is 66.7 Å². The van der Waals surface area contributed by atoms with Gasteiger partial charge >= 0.3 is 0 Å². The summed E-state index contributed by atoms with van der Waals surface area (Å²) in [6.45, 7) is 12.2. The molecule has 2 rings (SSSR count). The van der Waals surface area contributed by atoms with Crippen molar-refractivity contribution in [2.75, 3.05) is 0 Å². The van der Waals surface area contributed by atoms with E-state index in [4.69, 9.17) is 5.11 Å². The monoisotopic (exact) mass is 276 g/mol. The van der Waals surface area contributed by atoms with E-state index in [1.807, 2.05) is 70.2 Å². The van der Waals surface area contributed by atoms with Gasteiger partial charge < -0.3 is 5.11 Å². The molecule has 0 saturated carbocycles. The molecular formula is C19H32O. The van der Waals surface area contributed by atoms with Gasteiger partial charge in [-0.3, -0.25) is 0 Å². The highest BCUT2D eigenvalue weighted by atomic mass is 16.3. The number of aromatic hydroxyl groups is 1. The number of benzene rings is 2. The predicted octanol–water partition coefficient (Wildman–Crippen LogP) is 6.55. The second kappa shape index (κ2) is 25.9. The molecule has 0 saturated heterocycles. The molecule has 1 N–H and O–H groups in total. The Morgan fingerprint density at radius 1 is 0.600 bits per heavy atom. The molecule has 0 fully saturated rings. The Balaban J connectivity index is -0.000000203. The minimum atomic E-state index is 0.322. The van der Waals surface area contributed by atoms with Gasteiger partial charge in [-0.25, -0.2) is 0 Å². The summed E-state index contributed by atoms with van der Waals surface area (Å²) in [5, 5.41) is 8.63. The van der Waals surface area contributed by atoms with Crippen LogP contribution in [0.1, 0.15) is 48.0 Å². The molecule has 0 aliphatic carbocycles. The zero-order valence-corrected chi connectivity index (χ0v) is 14.0. The Kier molecular flexibility index (Phi) is 30.3. The van der Waals surface area contributed by atoms with Crippen LogP contribution in [-0.4, -0.2) is 5.11 Å². The zero-order valence-electron chi connectivity index (χ0n) is 14.0. The number of phenolic OH excluding ortho intramolecular Hbond substituents is 1. The fourth-order valence-electron chi connectivity index (χ4n) is 0.813. The second-order valence-corrected chi connectivity index (χ2v) is 3.20. The molecule has 0 atom stereocenters. The molecule has 0 radical (unpaired) electrons. The van der Waals surface area contributed by atoms with Crippen molar-refractivity contribution in [3.63, 3.8) is 0 Å². The maximum atomic E-state index is 8.63. The molecule has 0 unspecified atom stereocenters. The van der Waals surface area contributed by atoms with E-state index in [0.717, 1.165) is 0 Å². The highest BCUT2D eigenvalue weighted by Gasteiger charge is 1.74. The van der Waals surface area contributed by atoms with Crippen molar-refractivity contribution in [1.82, 2.24) is 0 Å². The highest BCUT2D eigenvalue weighted by Crippen LogP contribution is 2.02. The van der Waals surface area contributed by atoms with Crippen LogP contribution in [0.4, 0.5) is 0 Å². The van der Waals surface area contributed by atoms with E-state index in [2.05, 4.69) is 13.8 Å². The molecule has 0 aromatic heterocycles. The van der Waals surface area contributed by atoms with E-state index >= 15 is 0 Å². The molecule has 0 spiro atoms. The molecule has 0 aliphatic heterocycles. The molecule has 0 bridgehead atoms. The summed E-state index contributed by atoms with van der Waals surface area (Å²) < 4.78 is 0. The summed E-state index contributed by atoms with van der Waals surface area (Å²) in [7, 11) is 0. The minimum absolute atomic E-state index is 0.322. The van der Waals surface area contributed by atoms with Crippen LogP contribution in [0, 0.1) is 0 Å². The molecule has 2 aromatic rings.